The Morgan fingerprint density at radius 1 is 1.25 bits per heavy atom. The highest BCUT2D eigenvalue weighted by atomic mass is 79.9. The minimum absolute atomic E-state index is 0.736. The standard InChI is InChI=1S/C15H18BrN3O/c1-17-15(18-8-7-14-6-3-9-20-14)19-11-12-4-2-5-13(16)10-12/h2-6,9-10H,7-8,11H2,1H3,(H2,17,18,19). The van der Waals surface area contributed by atoms with Gasteiger partial charge in [-0.05, 0) is 29.8 Å². The van der Waals surface area contributed by atoms with E-state index in [9.17, 15) is 0 Å². The number of hydrogen-bond acceptors (Lipinski definition) is 2. The van der Waals surface area contributed by atoms with E-state index < -0.39 is 0 Å². The summed E-state index contributed by atoms with van der Waals surface area (Å²) in [5, 5.41) is 6.54. The molecule has 0 aliphatic rings. The van der Waals surface area contributed by atoms with E-state index in [0.717, 1.165) is 35.7 Å². The van der Waals surface area contributed by atoms with Crippen molar-refractivity contribution in [3.05, 3.63) is 58.5 Å². The zero-order valence-electron chi connectivity index (χ0n) is 11.4. The van der Waals surface area contributed by atoms with E-state index in [0.29, 0.717) is 0 Å². The molecule has 0 saturated heterocycles. The van der Waals surface area contributed by atoms with E-state index in [1.54, 1.807) is 13.3 Å². The lowest BCUT2D eigenvalue weighted by atomic mass is 10.2. The Morgan fingerprint density at radius 2 is 2.15 bits per heavy atom. The molecular weight excluding hydrogens is 318 g/mol. The quantitative estimate of drug-likeness (QED) is 0.652. The summed E-state index contributed by atoms with van der Waals surface area (Å²) in [6.07, 6.45) is 2.53. The minimum Gasteiger partial charge on any atom is -0.469 e. The predicted molar refractivity (Wildman–Crippen MR) is 84.8 cm³/mol. The maximum atomic E-state index is 5.29. The van der Waals surface area contributed by atoms with Crippen molar-refractivity contribution in [3.63, 3.8) is 0 Å². The van der Waals surface area contributed by atoms with Crippen LogP contribution in [0.4, 0.5) is 0 Å². The Bertz CT molecular complexity index is 552. The minimum atomic E-state index is 0.736. The van der Waals surface area contributed by atoms with Gasteiger partial charge >= 0.3 is 0 Å². The molecule has 1 aromatic heterocycles. The molecule has 2 aromatic rings. The van der Waals surface area contributed by atoms with Gasteiger partial charge in [0.1, 0.15) is 5.76 Å². The number of rotatable bonds is 5. The fourth-order valence-corrected chi connectivity index (χ4v) is 2.26. The van der Waals surface area contributed by atoms with Crippen LogP contribution in [0.15, 0.2) is 56.5 Å². The van der Waals surface area contributed by atoms with Crippen LogP contribution in [0.25, 0.3) is 0 Å². The van der Waals surface area contributed by atoms with E-state index >= 15 is 0 Å². The number of nitrogens with one attached hydrogen (secondary N) is 2. The maximum Gasteiger partial charge on any atom is 0.191 e. The van der Waals surface area contributed by atoms with Crippen LogP contribution in [0.2, 0.25) is 0 Å². The molecule has 0 saturated carbocycles. The van der Waals surface area contributed by atoms with Gasteiger partial charge in [-0.25, -0.2) is 0 Å². The van der Waals surface area contributed by atoms with Crippen LogP contribution < -0.4 is 10.6 Å². The molecule has 20 heavy (non-hydrogen) atoms. The second-order valence-corrected chi connectivity index (χ2v) is 5.23. The average Bonchev–Trinajstić information content (AvgIpc) is 2.96. The summed E-state index contributed by atoms with van der Waals surface area (Å²) >= 11 is 3.47. The molecule has 0 fully saturated rings. The largest absolute Gasteiger partial charge is 0.469 e. The molecule has 106 valence electrons. The third kappa shape index (κ3) is 4.74. The van der Waals surface area contributed by atoms with Gasteiger partial charge in [-0.15, -0.1) is 0 Å². The molecule has 0 atom stereocenters. The van der Waals surface area contributed by atoms with Gasteiger partial charge in [0.2, 0.25) is 0 Å². The fourth-order valence-electron chi connectivity index (χ4n) is 1.81. The molecule has 0 aliphatic carbocycles. The molecule has 0 amide bonds. The maximum absolute atomic E-state index is 5.29. The summed E-state index contributed by atoms with van der Waals surface area (Å²) in [5.74, 6) is 1.76. The third-order valence-electron chi connectivity index (χ3n) is 2.82. The molecule has 2 N–H and O–H groups in total. The Balaban J connectivity index is 1.75. The van der Waals surface area contributed by atoms with Crippen molar-refractivity contribution >= 4 is 21.9 Å². The first-order valence-corrected chi connectivity index (χ1v) is 7.28. The van der Waals surface area contributed by atoms with E-state index in [1.165, 1.54) is 5.56 Å². The van der Waals surface area contributed by atoms with Gasteiger partial charge in [-0.3, -0.25) is 4.99 Å². The molecule has 0 spiro atoms. The highest BCUT2D eigenvalue weighted by Gasteiger charge is 2.00. The molecule has 1 aromatic carbocycles. The summed E-state index contributed by atoms with van der Waals surface area (Å²) in [6.45, 7) is 1.52. The zero-order valence-corrected chi connectivity index (χ0v) is 13.0. The van der Waals surface area contributed by atoms with Gasteiger partial charge in [0, 0.05) is 31.0 Å². The number of benzene rings is 1. The van der Waals surface area contributed by atoms with Gasteiger partial charge in [-0.2, -0.15) is 0 Å². The van der Waals surface area contributed by atoms with Gasteiger partial charge < -0.3 is 15.1 Å². The zero-order chi connectivity index (χ0) is 14.2. The molecule has 0 aliphatic heterocycles. The van der Waals surface area contributed by atoms with Crippen LogP contribution in [-0.4, -0.2) is 19.6 Å². The monoisotopic (exact) mass is 335 g/mol. The SMILES string of the molecule is CN=C(NCCc1ccco1)NCc1cccc(Br)c1. The van der Waals surface area contributed by atoms with Crippen molar-refractivity contribution in [1.82, 2.24) is 10.6 Å². The Morgan fingerprint density at radius 3 is 2.85 bits per heavy atom. The average molecular weight is 336 g/mol. The predicted octanol–water partition coefficient (Wildman–Crippen LogP) is 2.95. The highest BCUT2D eigenvalue weighted by molar-refractivity contribution is 9.10. The van der Waals surface area contributed by atoms with Crippen LogP contribution in [0.5, 0.6) is 0 Å². The summed E-state index contributed by atoms with van der Waals surface area (Å²) in [4.78, 5) is 4.20. The van der Waals surface area contributed by atoms with Crippen LogP contribution >= 0.6 is 15.9 Å². The first kappa shape index (κ1) is 14.7. The van der Waals surface area contributed by atoms with Crippen LogP contribution in [0.1, 0.15) is 11.3 Å². The summed E-state index contributed by atoms with van der Waals surface area (Å²) < 4.78 is 6.37. The number of nitrogens with zero attached hydrogens (tertiary/aromatic N) is 1. The Kier molecular flexibility index (Phi) is 5.68. The van der Waals surface area contributed by atoms with Crippen molar-refractivity contribution < 1.29 is 4.42 Å². The van der Waals surface area contributed by atoms with E-state index in [-0.39, 0.29) is 0 Å². The van der Waals surface area contributed by atoms with E-state index in [4.69, 9.17) is 4.42 Å². The number of guanidine groups is 1. The van der Waals surface area contributed by atoms with Crippen LogP contribution in [0.3, 0.4) is 0 Å². The van der Waals surface area contributed by atoms with Crippen molar-refractivity contribution in [2.45, 2.75) is 13.0 Å². The smallest absolute Gasteiger partial charge is 0.191 e. The fraction of sp³-hybridized carbons (Fsp3) is 0.267. The van der Waals surface area contributed by atoms with Gasteiger partial charge in [0.25, 0.3) is 0 Å². The summed E-state index contributed by atoms with van der Waals surface area (Å²) in [5.41, 5.74) is 1.20. The first-order chi connectivity index (χ1) is 9.78. The van der Waals surface area contributed by atoms with Crippen molar-refractivity contribution in [2.75, 3.05) is 13.6 Å². The lowest BCUT2D eigenvalue weighted by Gasteiger charge is -2.11. The second kappa shape index (κ2) is 7.75. The number of hydrogen-bond donors (Lipinski definition) is 2. The topological polar surface area (TPSA) is 49.6 Å². The van der Waals surface area contributed by atoms with Crippen molar-refractivity contribution in [1.29, 1.82) is 0 Å². The molecule has 4 nitrogen and oxygen atoms in total. The molecular formula is C15H18BrN3O. The number of aliphatic imine (C=N–C) groups is 1. The molecule has 5 heteroatoms. The van der Waals surface area contributed by atoms with Gasteiger partial charge in [0.05, 0.1) is 6.26 Å². The Hall–Kier alpha value is -1.75. The lowest BCUT2D eigenvalue weighted by Crippen LogP contribution is -2.37. The summed E-state index contributed by atoms with van der Waals surface area (Å²) in [6, 6.07) is 12.1. The first-order valence-electron chi connectivity index (χ1n) is 6.49. The number of halogens is 1. The molecule has 0 bridgehead atoms. The molecule has 2 rings (SSSR count). The number of furan rings is 1. The second-order valence-electron chi connectivity index (χ2n) is 4.31. The normalized spacial score (nSPS) is 11.4. The highest BCUT2D eigenvalue weighted by Crippen LogP contribution is 2.11. The molecule has 0 radical (unpaired) electrons. The van der Waals surface area contributed by atoms with E-state index in [2.05, 4.69) is 43.7 Å². The van der Waals surface area contributed by atoms with Crippen LogP contribution in [-0.2, 0) is 13.0 Å². The van der Waals surface area contributed by atoms with Gasteiger partial charge in [-0.1, -0.05) is 28.1 Å². The Labute approximate surface area is 127 Å². The van der Waals surface area contributed by atoms with Gasteiger partial charge in [0.15, 0.2) is 5.96 Å². The van der Waals surface area contributed by atoms with E-state index in [1.807, 2.05) is 24.3 Å². The van der Waals surface area contributed by atoms with Crippen molar-refractivity contribution in [2.24, 2.45) is 4.99 Å². The van der Waals surface area contributed by atoms with Crippen molar-refractivity contribution in [3.8, 4) is 0 Å². The molecule has 0 unspecified atom stereocenters. The lowest BCUT2D eigenvalue weighted by molar-refractivity contribution is 0.507. The third-order valence-corrected chi connectivity index (χ3v) is 3.31. The van der Waals surface area contributed by atoms with Crippen LogP contribution in [0, 0.1) is 0 Å². The summed E-state index contributed by atoms with van der Waals surface area (Å²) in [7, 11) is 1.77. The molecule has 1 heterocycles.